The van der Waals surface area contributed by atoms with Gasteiger partial charge < -0.3 is 9.38 Å². The smallest absolute Gasteiger partial charge is 0.333 e. The third kappa shape index (κ3) is 4.80. The van der Waals surface area contributed by atoms with Crippen molar-refractivity contribution in [3.63, 3.8) is 0 Å². The van der Waals surface area contributed by atoms with Gasteiger partial charge in [-0.05, 0) is 173 Å². The second kappa shape index (κ2) is 12.7. The van der Waals surface area contributed by atoms with E-state index < -0.39 is 0 Å². The predicted octanol–water partition coefficient (Wildman–Crippen LogP) is 12.6. The summed E-state index contributed by atoms with van der Waals surface area (Å²) in [5, 5.41) is 12.3. The zero-order valence-corrected chi connectivity index (χ0v) is 33.4. The molecule has 11 rings (SSSR count). The first-order valence-corrected chi connectivity index (χ1v) is 20.2. The molecule has 1 aromatic heterocycles. The zero-order valence-electron chi connectivity index (χ0n) is 33.4. The third-order valence-electron chi connectivity index (χ3n) is 12.9. The van der Waals surface area contributed by atoms with Gasteiger partial charge in [-0.1, -0.05) is 91.0 Å². The van der Waals surface area contributed by atoms with E-state index in [9.17, 15) is 5.26 Å². The Morgan fingerprint density at radius 1 is 0.500 bits per heavy atom. The molecule has 3 heterocycles. The van der Waals surface area contributed by atoms with E-state index in [1.165, 1.54) is 111 Å². The quantitative estimate of drug-likeness (QED) is 0.168. The maximum atomic E-state index is 9.73. The third-order valence-corrected chi connectivity index (χ3v) is 12.9. The van der Waals surface area contributed by atoms with Crippen molar-refractivity contribution in [1.29, 1.82) is 5.26 Å². The van der Waals surface area contributed by atoms with Gasteiger partial charge in [0.1, 0.15) is 0 Å². The van der Waals surface area contributed by atoms with Gasteiger partial charge in [-0.2, -0.15) is 5.26 Å². The molecular weight excluding hydrogens is 701 g/mol. The largest absolute Gasteiger partial charge is 0.375 e. The maximum Gasteiger partial charge on any atom is 0.333 e. The number of fused-ring (bicyclic) bond motifs is 7. The molecule has 0 spiro atoms. The average Bonchev–Trinajstić information content (AvgIpc) is 3.56. The van der Waals surface area contributed by atoms with Crippen LogP contribution in [0.2, 0.25) is 0 Å². The minimum atomic E-state index is -0.0560. The number of benzene rings is 8. The van der Waals surface area contributed by atoms with Crippen LogP contribution in [0.4, 0.5) is 17.1 Å². The van der Waals surface area contributed by atoms with Crippen molar-refractivity contribution in [3.8, 4) is 50.6 Å². The molecule has 0 N–H and O–H groups in total. The Bertz CT molecular complexity index is 3200. The van der Waals surface area contributed by atoms with Crippen LogP contribution < -0.4 is 15.8 Å². The second-order valence-corrected chi connectivity index (χ2v) is 16.2. The number of nitrogens with zero attached hydrogens (tertiary/aromatic N) is 3. The van der Waals surface area contributed by atoms with E-state index in [-0.39, 0.29) is 6.85 Å². The van der Waals surface area contributed by atoms with Gasteiger partial charge in [0.15, 0.2) is 0 Å². The van der Waals surface area contributed by atoms with Crippen molar-refractivity contribution in [1.82, 2.24) is 4.48 Å². The molecule has 4 heteroatoms. The van der Waals surface area contributed by atoms with Crippen molar-refractivity contribution < 1.29 is 0 Å². The van der Waals surface area contributed by atoms with Crippen LogP contribution in [0.25, 0.3) is 66.3 Å². The first-order valence-electron chi connectivity index (χ1n) is 20.2. The molecule has 0 atom stereocenters. The van der Waals surface area contributed by atoms with Crippen molar-refractivity contribution in [2.45, 2.75) is 34.6 Å². The molecule has 0 fully saturated rings. The Morgan fingerprint density at radius 2 is 1.12 bits per heavy atom. The van der Waals surface area contributed by atoms with E-state index in [0.29, 0.717) is 5.56 Å². The molecular formula is C54H40BN3. The van der Waals surface area contributed by atoms with Crippen LogP contribution in [-0.2, 0) is 0 Å². The van der Waals surface area contributed by atoms with Crippen LogP contribution in [0.5, 0.6) is 0 Å². The van der Waals surface area contributed by atoms with E-state index in [2.05, 4.69) is 190 Å². The average molecular weight is 742 g/mol. The van der Waals surface area contributed by atoms with Crippen LogP contribution in [0, 0.1) is 45.9 Å². The normalized spacial score (nSPS) is 12.5. The Morgan fingerprint density at radius 3 is 1.81 bits per heavy atom. The zero-order chi connectivity index (χ0) is 39.4. The molecule has 2 aliphatic heterocycles. The Labute approximate surface area is 340 Å². The Hall–Kier alpha value is -7.09. The number of aromatic nitrogens is 1. The van der Waals surface area contributed by atoms with Crippen molar-refractivity contribution in [2.75, 3.05) is 4.90 Å². The highest BCUT2D eigenvalue weighted by molar-refractivity contribution is 6.90. The maximum absolute atomic E-state index is 9.73. The minimum absolute atomic E-state index is 0.0560. The van der Waals surface area contributed by atoms with Gasteiger partial charge in [0.2, 0.25) is 0 Å². The van der Waals surface area contributed by atoms with Gasteiger partial charge in [0.05, 0.1) is 11.6 Å². The second-order valence-electron chi connectivity index (χ2n) is 16.2. The fourth-order valence-electron chi connectivity index (χ4n) is 10.4. The molecule has 0 bridgehead atoms. The van der Waals surface area contributed by atoms with Crippen molar-refractivity contribution in [3.05, 3.63) is 185 Å². The fourth-order valence-corrected chi connectivity index (χ4v) is 10.4. The lowest BCUT2D eigenvalue weighted by molar-refractivity contribution is 1.25. The molecule has 58 heavy (non-hydrogen) atoms. The van der Waals surface area contributed by atoms with Crippen LogP contribution in [0.15, 0.2) is 152 Å². The molecule has 2 aliphatic rings. The number of para-hydroxylation sites is 2. The molecule has 0 radical (unpaired) electrons. The van der Waals surface area contributed by atoms with Gasteiger partial charge in [-0.15, -0.1) is 0 Å². The van der Waals surface area contributed by atoms with Gasteiger partial charge in [-0.25, -0.2) is 0 Å². The molecule has 0 saturated carbocycles. The van der Waals surface area contributed by atoms with Crippen LogP contribution >= 0.6 is 0 Å². The van der Waals surface area contributed by atoms with E-state index in [0.717, 1.165) is 11.3 Å². The lowest BCUT2D eigenvalue weighted by Gasteiger charge is -2.41. The summed E-state index contributed by atoms with van der Waals surface area (Å²) in [7, 11) is 0. The summed E-state index contributed by atoms with van der Waals surface area (Å²) >= 11 is 0. The number of aryl methyl sites for hydroxylation is 4. The van der Waals surface area contributed by atoms with Crippen LogP contribution in [0.1, 0.15) is 33.4 Å². The van der Waals surface area contributed by atoms with Gasteiger partial charge in [0.25, 0.3) is 0 Å². The van der Waals surface area contributed by atoms with Gasteiger partial charge >= 0.3 is 6.85 Å². The predicted molar refractivity (Wildman–Crippen MR) is 245 cm³/mol. The highest BCUT2D eigenvalue weighted by Gasteiger charge is 2.44. The molecule has 0 saturated heterocycles. The standard InChI is InChI=1S/C54H40BN3/c1-32-13-11-14-33(2)50(32)39-25-26-47-43(27-39)44-28-40(51-34(3)15-12-16-35(51)4)29-45-52-36(5)42(38-23-21-37(31-56)22-24-38)30-49-53(52)55(58(47)54(44)45)46-19-9-10-20-48(46)57(49)41-17-7-6-8-18-41/h6-30H,1-5H3. The molecule has 274 valence electrons. The highest BCUT2D eigenvalue weighted by Crippen LogP contribution is 2.50. The van der Waals surface area contributed by atoms with Gasteiger partial charge in [0, 0.05) is 44.4 Å². The highest BCUT2D eigenvalue weighted by atomic mass is 15.2. The monoisotopic (exact) mass is 741 g/mol. The van der Waals surface area contributed by atoms with Crippen molar-refractivity contribution >= 4 is 56.6 Å². The summed E-state index contributed by atoms with van der Waals surface area (Å²) in [5.41, 5.74) is 25.5. The Kier molecular flexibility index (Phi) is 7.49. The number of rotatable bonds is 4. The summed E-state index contributed by atoms with van der Waals surface area (Å²) in [6.07, 6.45) is 0. The lowest BCUT2D eigenvalue weighted by Crippen LogP contribution is -2.56. The summed E-state index contributed by atoms with van der Waals surface area (Å²) in [6, 6.07) is 58.0. The number of nitriles is 1. The molecule has 0 aliphatic carbocycles. The van der Waals surface area contributed by atoms with Crippen molar-refractivity contribution in [2.24, 2.45) is 0 Å². The Balaban J connectivity index is 1.33. The molecule has 9 aromatic rings. The molecule has 0 amide bonds. The number of anilines is 3. The molecule has 3 nitrogen and oxygen atoms in total. The topological polar surface area (TPSA) is 32.0 Å². The first-order chi connectivity index (χ1) is 28.3. The summed E-state index contributed by atoms with van der Waals surface area (Å²) < 4.78 is 2.66. The van der Waals surface area contributed by atoms with Crippen LogP contribution in [0.3, 0.4) is 0 Å². The van der Waals surface area contributed by atoms with Gasteiger partial charge in [-0.3, -0.25) is 0 Å². The van der Waals surface area contributed by atoms with Crippen LogP contribution in [-0.4, -0.2) is 11.3 Å². The summed E-state index contributed by atoms with van der Waals surface area (Å²) in [4.78, 5) is 2.47. The molecule has 8 aromatic carbocycles. The molecule has 0 unspecified atom stereocenters. The summed E-state index contributed by atoms with van der Waals surface area (Å²) in [6.45, 7) is 11.2. The first kappa shape index (κ1) is 34.2. The fraction of sp³-hybridized carbons (Fsp3) is 0.0926. The summed E-state index contributed by atoms with van der Waals surface area (Å²) in [5.74, 6) is 0. The van der Waals surface area contributed by atoms with E-state index in [1.54, 1.807) is 0 Å². The van der Waals surface area contributed by atoms with E-state index in [1.807, 2.05) is 12.1 Å². The lowest BCUT2D eigenvalue weighted by atomic mass is 9.44. The number of hydrogen-bond acceptors (Lipinski definition) is 2. The number of hydrogen-bond donors (Lipinski definition) is 0. The van der Waals surface area contributed by atoms with E-state index >= 15 is 0 Å². The SMILES string of the molecule is Cc1cccc(C)c1-c1ccc2c(c1)c1cc(-c3c(C)cccc3C)cc3c1n2B1c2ccccc2N(c2ccccc2)c2cc(-c4ccc(C#N)cc4)c(C)c-3c21. The van der Waals surface area contributed by atoms with E-state index in [4.69, 9.17) is 0 Å². The minimum Gasteiger partial charge on any atom is -0.375 e.